The maximum Gasteiger partial charge on any atom is 0.193 e. The second-order valence-electron chi connectivity index (χ2n) is 7.03. The molecule has 1 heterocycles. The molecule has 6 heteroatoms. The van der Waals surface area contributed by atoms with Gasteiger partial charge in [0.1, 0.15) is 5.75 Å². The standard InChI is InChI=1S/C20H34N4O2/c1-6-21-20(24(4)14-16-11-12-26-15-16)22-13-18(23(2)3)17-9-7-8-10-19(17)25-5/h7-10,16,18H,6,11-15H2,1-5H3,(H,21,22). The van der Waals surface area contributed by atoms with Crippen LogP contribution in [-0.4, -0.2) is 76.9 Å². The molecule has 0 bridgehead atoms. The average molecular weight is 363 g/mol. The van der Waals surface area contributed by atoms with Crippen molar-refractivity contribution in [1.82, 2.24) is 15.1 Å². The number of methoxy groups -OCH3 is 1. The molecule has 2 rings (SSSR count). The van der Waals surface area contributed by atoms with Crippen molar-refractivity contribution in [1.29, 1.82) is 0 Å². The van der Waals surface area contributed by atoms with E-state index in [0.717, 1.165) is 50.0 Å². The van der Waals surface area contributed by atoms with Crippen molar-refractivity contribution in [2.24, 2.45) is 10.9 Å². The molecule has 0 saturated carbocycles. The van der Waals surface area contributed by atoms with E-state index in [0.29, 0.717) is 12.5 Å². The summed E-state index contributed by atoms with van der Waals surface area (Å²) in [5, 5.41) is 3.42. The van der Waals surface area contributed by atoms with Crippen molar-refractivity contribution < 1.29 is 9.47 Å². The number of likely N-dealkylation sites (N-methyl/N-ethyl adjacent to an activating group) is 1. The predicted octanol–water partition coefficient (Wildman–Crippen LogP) is 2.23. The molecule has 1 aliphatic heterocycles. The largest absolute Gasteiger partial charge is 0.496 e. The first kappa shape index (κ1) is 20.5. The summed E-state index contributed by atoms with van der Waals surface area (Å²) in [6.45, 7) is 6.32. The lowest BCUT2D eigenvalue weighted by Crippen LogP contribution is -2.42. The zero-order chi connectivity index (χ0) is 18.9. The Morgan fingerprint density at radius 1 is 1.35 bits per heavy atom. The van der Waals surface area contributed by atoms with Crippen LogP contribution in [0.5, 0.6) is 5.75 Å². The Balaban J connectivity index is 2.13. The van der Waals surface area contributed by atoms with Crippen molar-refractivity contribution in [3.8, 4) is 5.75 Å². The second-order valence-corrected chi connectivity index (χ2v) is 7.03. The summed E-state index contributed by atoms with van der Waals surface area (Å²) >= 11 is 0. The van der Waals surface area contributed by atoms with Gasteiger partial charge in [-0.3, -0.25) is 4.99 Å². The molecule has 0 amide bonds. The van der Waals surface area contributed by atoms with E-state index in [1.807, 2.05) is 12.1 Å². The van der Waals surface area contributed by atoms with Gasteiger partial charge in [-0.05, 0) is 33.5 Å². The Morgan fingerprint density at radius 3 is 2.73 bits per heavy atom. The number of nitrogens with zero attached hydrogens (tertiary/aromatic N) is 3. The minimum absolute atomic E-state index is 0.156. The molecule has 1 N–H and O–H groups in total. The first-order valence-electron chi connectivity index (χ1n) is 9.43. The fourth-order valence-electron chi connectivity index (χ4n) is 3.33. The van der Waals surface area contributed by atoms with Crippen LogP contribution in [0.2, 0.25) is 0 Å². The average Bonchev–Trinajstić information content (AvgIpc) is 3.14. The normalized spacial score (nSPS) is 18.8. The van der Waals surface area contributed by atoms with Crippen LogP contribution < -0.4 is 10.1 Å². The van der Waals surface area contributed by atoms with Gasteiger partial charge >= 0.3 is 0 Å². The van der Waals surface area contributed by atoms with Gasteiger partial charge in [-0.25, -0.2) is 0 Å². The summed E-state index contributed by atoms with van der Waals surface area (Å²) < 4.78 is 11.1. The molecule has 1 aromatic rings. The molecular formula is C20H34N4O2. The lowest BCUT2D eigenvalue weighted by Gasteiger charge is -2.28. The summed E-state index contributed by atoms with van der Waals surface area (Å²) in [6, 6.07) is 8.33. The highest BCUT2D eigenvalue weighted by Crippen LogP contribution is 2.28. The van der Waals surface area contributed by atoms with Gasteiger partial charge in [-0.15, -0.1) is 0 Å². The molecule has 1 aromatic carbocycles. The van der Waals surface area contributed by atoms with E-state index in [1.54, 1.807) is 7.11 Å². The highest BCUT2D eigenvalue weighted by Gasteiger charge is 2.21. The molecule has 1 fully saturated rings. The van der Waals surface area contributed by atoms with Crippen LogP contribution in [-0.2, 0) is 4.74 Å². The van der Waals surface area contributed by atoms with Crippen LogP contribution in [0, 0.1) is 5.92 Å². The molecule has 0 aliphatic carbocycles. The predicted molar refractivity (Wildman–Crippen MR) is 107 cm³/mol. The topological polar surface area (TPSA) is 49.3 Å². The van der Waals surface area contributed by atoms with Gasteiger partial charge in [0.05, 0.1) is 26.3 Å². The molecule has 2 unspecified atom stereocenters. The molecule has 146 valence electrons. The van der Waals surface area contributed by atoms with Gasteiger partial charge in [-0.2, -0.15) is 0 Å². The third-order valence-corrected chi connectivity index (χ3v) is 4.79. The first-order chi connectivity index (χ1) is 12.6. The smallest absolute Gasteiger partial charge is 0.193 e. The number of hydrogen-bond acceptors (Lipinski definition) is 4. The summed E-state index contributed by atoms with van der Waals surface area (Å²) in [6.07, 6.45) is 1.13. The van der Waals surface area contributed by atoms with Gasteiger partial charge in [0.25, 0.3) is 0 Å². The lowest BCUT2D eigenvalue weighted by molar-refractivity contribution is 0.181. The maximum atomic E-state index is 5.55. The SMILES string of the molecule is CCNC(=NCC(c1ccccc1OC)N(C)C)N(C)CC1CCOC1. The zero-order valence-electron chi connectivity index (χ0n) is 16.9. The van der Waals surface area contributed by atoms with Crippen molar-refractivity contribution >= 4 is 5.96 Å². The highest BCUT2D eigenvalue weighted by atomic mass is 16.5. The summed E-state index contributed by atoms with van der Waals surface area (Å²) in [5.74, 6) is 2.44. The van der Waals surface area contributed by atoms with E-state index in [9.17, 15) is 0 Å². The number of hydrogen-bond donors (Lipinski definition) is 1. The van der Waals surface area contributed by atoms with E-state index in [4.69, 9.17) is 14.5 Å². The van der Waals surface area contributed by atoms with E-state index >= 15 is 0 Å². The highest BCUT2D eigenvalue weighted by molar-refractivity contribution is 5.79. The first-order valence-corrected chi connectivity index (χ1v) is 9.43. The van der Waals surface area contributed by atoms with E-state index < -0.39 is 0 Å². The molecule has 1 aliphatic rings. The molecule has 26 heavy (non-hydrogen) atoms. The Morgan fingerprint density at radius 2 is 2.12 bits per heavy atom. The molecular weight excluding hydrogens is 328 g/mol. The number of aliphatic imine (C=N–C) groups is 1. The summed E-state index contributed by atoms with van der Waals surface area (Å²) in [4.78, 5) is 9.33. The van der Waals surface area contributed by atoms with E-state index in [2.05, 4.69) is 55.3 Å². The number of benzene rings is 1. The third-order valence-electron chi connectivity index (χ3n) is 4.79. The quantitative estimate of drug-likeness (QED) is 0.568. The molecule has 0 radical (unpaired) electrons. The Bertz CT molecular complexity index is 571. The summed E-state index contributed by atoms with van der Waals surface area (Å²) in [5.41, 5.74) is 1.16. The van der Waals surface area contributed by atoms with Crippen LogP contribution >= 0.6 is 0 Å². The van der Waals surface area contributed by atoms with Gasteiger partial charge in [-0.1, -0.05) is 18.2 Å². The Labute approximate surface area is 158 Å². The number of guanidine groups is 1. The summed E-state index contributed by atoms with van der Waals surface area (Å²) in [7, 11) is 7.99. The molecule has 1 saturated heterocycles. The minimum atomic E-state index is 0.156. The molecule has 0 spiro atoms. The zero-order valence-corrected chi connectivity index (χ0v) is 16.9. The minimum Gasteiger partial charge on any atom is -0.496 e. The number of ether oxygens (including phenoxy) is 2. The van der Waals surface area contributed by atoms with Crippen LogP contribution in [0.4, 0.5) is 0 Å². The molecule has 6 nitrogen and oxygen atoms in total. The lowest BCUT2D eigenvalue weighted by atomic mass is 10.0. The third kappa shape index (κ3) is 5.61. The van der Waals surface area contributed by atoms with E-state index in [1.165, 1.54) is 0 Å². The number of rotatable bonds is 8. The van der Waals surface area contributed by atoms with Gasteiger partial charge in [0, 0.05) is 38.2 Å². The molecule has 0 aromatic heterocycles. The maximum absolute atomic E-state index is 5.55. The fraction of sp³-hybridized carbons (Fsp3) is 0.650. The van der Waals surface area contributed by atoms with Crippen LogP contribution in [0.1, 0.15) is 24.9 Å². The number of para-hydroxylation sites is 1. The van der Waals surface area contributed by atoms with Crippen LogP contribution in [0.15, 0.2) is 29.3 Å². The van der Waals surface area contributed by atoms with Crippen LogP contribution in [0.25, 0.3) is 0 Å². The van der Waals surface area contributed by atoms with Crippen molar-refractivity contribution in [3.63, 3.8) is 0 Å². The number of nitrogens with one attached hydrogen (secondary N) is 1. The monoisotopic (exact) mass is 362 g/mol. The van der Waals surface area contributed by atoms with Gasteiger partial charge < -0.3 is 24.6 Å². The van der Waals surface area contributed by atoms with Crippen molar-refractivity contribution in [2.75, 3.05) is 61.1 Å². The van der Waals surface area contributed by atoms with Crippen LogP contribution in [0.3, 0.4) is 0 Å². The Kier molecular flexibility index (Phi) is 8.19. The Hall–Kier alpha value is -1.79. The van der Waals surface area contributed by atoms with Crippen molar-refractivity contribution in [3.05, 3.63) is 29.8 Å². The fourth-order valence-corrected chi connectivity index (χ4v) is 3.33. The van der Waals surface area contributed by atoms with Gasteiger partial charge in [0.15, 0.2) is 5.96 Å². The van der Waals surface area contributed by atoms with E-state index in [-0.39, 0.29) is 6.04 Å². The second kappa shape index (κ2) is 10.4. The molecule has 2 atom stereocenters. The van der Waals surface area contributed by atoms with Gasteiger partial charge in [0.2, 0.25) is 0 Å². The van der Waals surface area contributed by atoms with Crippen molar-refractivity contribution in [2.45, 2.75) is 19.4 Å².